The molecule has 6 nitrogen and oxygen atoms in total. The standard InChI is InChI=1S/C13H12F3N3O.C4H10N2/c1-2-6-19-11-4-3-9(13(14,15)16)8-10(11)12(18-19)17-5-7-20;1-5-4-2-6-3-4/h2-4,7-8H,1,5-6H2,(H,17,18);4-6H,2-3H2,1H3. The van der Waals surface area contributed by atoms with Crippen LogP contribution in [0.4, 0.5) is 19.0 Å². The monoisotopic (exact) mass is 369 g/mol. The smallest absolute Gasteiger partial charge is 0.361 e. The van der Waals surface area contributed by atoms with Gasteiger partial charge in [-0.2, -0.15) is 18.3 Å². The Balaban J connectivity index is 0.000000342. The molecule has 0 radical (unpaired) electrons. The van der Waals surface area contributed by atoms with Crippen LogP contribution in [0.3, 0.4) is 0 Å². The molecule has 3 N–H and O–H groups in total. The average Bonchev–Trinajstić information content (AvgIpc) is 2.89. The van der Waals surface area contributed by atoms with E-state index in [0.717, 1.165) is 31.3 Å². The number of aromatic nitrogens is 2. The first-order valence-electron chi connectivity index (χ1n) is 8.14. The summed E-state index contributed by atoms with van der Waals surface area (Å²) in [5, 5.41) is 13.5. The molecule has 0 aliphatic carbocycles. The lowest BCUT2D eigenvalue weighted by Gasteiger charge is -2.25. The van der Waals surface area contributed by atoms with Crippen LogP contribution in [0, 0.1) is 0 Å². The summed E-state index contributed by atoms with van der Waals surface area (Å²) in [6, 6.07) is 4.15. The van der Waals surface area contributed by atoms with Gasteiger partial charge < -0.3 is 20.7 Å². The number of rotatable bonds is 6. The third-order valence-corrected chi connectivity index (χ3v) is 3.92. The van der Waals surface area contributed by atoms with Crippen molar-refractivity contribution in [2.24, 2.45) is 0 Å². The third kappa shape index (κ3) is 4.83. The zero-order chi connectivity index (χ0) is 19.2. The molecular formula is C17H22F3N5O. The van der Waals surface area contributed by atoms with Crippen LogP contribution in [-0.4, -0.2) is 48.8 Å². The van der Waals surface area contributed by atoms with Crippen molar-refractivity contribution < 1.29 is 18.0 Å². The van der Waals surface area contributed by atoms with Crippen LogP contribution in [0.1, 0.15) is 5.56 Å². The summed E-state index contributed by atoms with van der Waals surface area (Å²) in [5.41, 5.74) is -0.205. The van der Waals surface area contributed by atoms with E-state index in [9.17, 15) is 18.0 Å². The molecule has 142 valence electrons. The molecule has 0 saturated carbocycles. The minimum Gasteiger partial charge on any atom is -0.361 e. The maximum absolute atomic E-state index is 12.7. The van der Waals surface area contributed by atoms with Gasteiger partial charge in [-0.1, -0.05) is 6.08 Å². The lowest BCUT2D eigenvalue weighted by atomic mass is 10.1. The number of hydrogen-bond donors (Lipinski definition) is 3. The summed E-state index contributed by atoms with van der Waals surface area (Å²) >= 11 is 0. The SMILES string of the molecule is C=CCn1nc(NCC=O)c2cc(C(F)(F)F)ccc21.CNC1CNC1. The Hall–Kier alpha value is -2.39. The normalized spacial score (nSPS) is 14.3. The molecule has 1 aromatic heterocycles. The van der Waals surface area contributed by atoms with Crippen LogP contribution < -0.4 is 16.0 Å². The first-order chi connectivity index (χ1) is 12.4. The van der Waals surface area contributed by atoms with E-state index >= 15 is 0 Å². The first kappa shape index (κ1) is 19.9. The van der Waals surface area contributed by atoms with Crippen molar-refractivity contribution in [1.82, 2.24) is 20.4 Å². The van der Waals surface area contributed by atoms with E-state index in [1.54, 1.807) is 6.08 Å². The van der Waals surface area contributed by atoms with Gasteiger partial charge in [-0.05, 0) is 25.2 Å². The predicted molar refractivity (Wildman–Crippen MR) is 95.2 cm³/mol. The van der Waals surface area contributed by atoms with Gasteiger partial charge in [-0.15, -0.1) is 6.58 Å². The number of hydrogen-bond acceptors (Lipinski definition) is 5. The molecule has 1 aromatic carbocycles. The number of fused-ring (bicyclic) bond motifs is 1. The van der Waals surface area contributed by atoms with Crippen LogP contribution in [0.5, 0.6) is 0 Å². The summed E-state index contributed by atoms with van der Waals surface area (Å²) in [7, 11) is 1.99. The number of benzene rings is 1. The first-order valence-corrected chi connectivity index (χ1v) is 8.14. The molecule has 0 unspecified atom stereocenters. The number of aldehydes is 1. The third-order valence-electron chi connectivity index (χ3n) is 3.92. The molecule has 1 aliphatic rings. The van der Waals surface area contributed by atoms with Crippen molar-refractivity contribution in [2.75, 3.05) is 32.0 Å². The average molecular weight is 369 g/mol. The van der Waals surface area contributed by atoms with Crippen LogP contribution in [0.2, 0.25) is 0 Å². The summed E-state index contributed by atoms with van der Waals surface area (Å²) in [5.74, 6) is 0.250. The highest BCUT2D eigenvalue weighted by molar-refractivity contribution is 5.91. The van der Waals surface area contributed by atoms with E-state index in [1.807, 2.05) is 7.05 Å². The minimum atomic E-state index is -4.42. The Morgan fingerprint density at radius 1 is 1.42 bits per heavy atom. The quantitative estimate of drug-likeness (QED) is 0.537. The molecule has 1 fully saturated rings. The fourth-order valence-electron chi connectivity index (χ4n) is 2.38. The molecule has 9 heteroatoms. The van der Waals surface area contributed by atoms with Gasteiger partial charge in [-0.3, -0.25) is 4.68 Å². The molecule has 0 atom stereocenters. The van der Waals surface area contributed by atoms with E-state index < -0.39 is 11.7 Å². The van der Waals surface area contributed by atoms with Crippen molar-refractivity contribution >= 4 is 23.0 Å². The van der Waals surface area contributed by atoms with Gasteiger partial charge in [0.15, 0.2) is 5.82 Å². The van der Waals surface area contributed by atoms with Gasteiger partial charge in [0, 0.05) is 24.5 Å². The number of carbonyl (C=O) groups excluding carboxylic acids is 1. The Morgan fingerprint density at radius 2 is 2.15 bits per heavy atom. The summed E-state index contributed by atoms with van der Waals surface area (Å²) in [6.45, 7) is 6.22. The van der Waals surface area contributed by atoms with E-state index in [0.29, 0.717) is 23.7 Å². The van der Waals surface area contributed by atoms with Crippen LogP contribution in [0.25, 0.3) is 10.9 Å². The predicted octanol–water partition coefficient (Wildman–Crippen LogP) is 2.03. The maximum Gasteiger partial charge on any atom is 0.416 e. The van der Waals surface area contributed by atoms with E-state index in [2.05, 4.69) is 27.6 Å². The van der Waals surface area contributed by atoms with Crippen molar-refractivity contribution in [1.29, 1.82) is 0 Å². The zero-order valence-corrected chi connectivity index (χ0v) is 14.4. The fraction of sp³-hybridized carbons (Fsp3) is 0.412. The lowest BCUT2D eigenvalue weighted by molar-refractivity contribution is -0.137. The molecule has 0 amide bonds. The molecular weight excluding hydrogens is 347 g/mol. The van der Waals surface area contributed by atoms with E-state index in [4.69, 9.17) is 0 Å². The number of halogens is 3. The fourth-order valence-corrected chi connectivity index (χ4v) is 2.38. The van der Waals surface area contributed by atoms with Crippen LogP contribution >= 0.6 is 0 Å². The largest absolute Gasteiger partial charge is 0.416 e. The highest BCUT2D eigenvalue weighted by Crippen LogP contribution is 2.33. The van der Waals surface area contributed by atoms with Crippen molar-refractivity contribution in [3.05, 3.63) is 36.4 Å². The number of allylic oxidation sites excluding steroid dienone is 1. The number of anilines is 1. The lowest BCUT2D eigenvalue weighted by Crippen LogP contribution is -2.54. The summed E-state index contributed by atoms with van der Waals surface area (Å²) in [4.78, 5) is 10.4. The summed E-state index contributed by atoms with van der Waals surface area (Å²) < 4.78 is 39.7. The Bertz CT molecular complexity index is 750. The van der Waals surface area contributed by atoms with Gasteiger partial charge >= 0.3 is 6.18 Å². The van der Waals surface area contributed by atoms with Gasteiger partial charge in [0.25, 0.3) is 0 Å². The molecule has 0 bridgehead atoms. The molecule has 3 rings (SSSR count). The van der Waals surface area contributed by atoms with Crippen LogP contribution in [0.15, 0.2) is 30.9 Å². The Morgan fingerprint density at radius 3 is 2.62 bits per heavy atom. The second-order valence-corrected chi connectivity index (χ2v) is 5.74. The van der Waals surface area contributed by atoms with Crippen molar-refractivity contribution in [3.8, 4) is 0 Å². The number of nitrogens with zero attached hydrogens (tertiary/aromatic N) is 2. The van der Waals surface area contributed by atoms with Gasteiger partial charge in [-0.25, -0.2) is 0 Å². The molecule has 0 spiro atoms. The molecule has 2 aromatic rings. The van der Waals surface area contributed by atoms with Crippen molar-refractivity contribution in [2.45, 2.75) is 18.8 Å². The van der Waals surface area contributed by atoms with Gasteiger partial charge in [0.05, 0.1) is 24.2 Å². The minimum absolute atomic E-state index is 0.0174. The summed E-state index contributed by atoms with van der Waals surface area (Å²) in [6.07, 6.45) is -2.21. The zero-order valence-electron chi connectivity index (χ0n) is 14.4. The maximum atomic E-state index is 12.7. The van der Waals surface area contributed by atoms with Gasteiger partial charge in [0.2, 0.25) is 0 Å². The Kier molecular flexibility index (Phi) is 6.76. The number of likely N-dealkylation sites (N-methyl/N-ethyl adjacent to an activating group) is 1. The highest BCUT2D eigenvalue weighted by atomic mass is 19.4. The number of carbonyl (C=O) groups is 1. The van der Waals surface area contributed by atoms with Crippen molar-refractivity contribution in [3.63, 3.8) is 0 Å². The number of nitrogens with one attached hydrogen (secondary N) is 3. The molecule has 1 aliphatic heterocycles. The molecule has 1 saturated heterocycles. The van der Waals surface area contributed by atoms with Gasteiger partial charge in [0.1, 0.15) is 6.29 Å². The van der Waals surface area contributed by atoms with E-state index in [1.165, 1.54) is 10.7 Å². The second kappa shape index (κ2) is 8.81. The van der Waals surface area contributed by atoms with Crippen LogP contribution in [-0.2, 0) is 17.5 Å². The number of alkyl halides is 3. The molecule has 2 heterocycles. The second-order valence-electron chi connectivity index (χ2n) is 5.74. The molecule has 26 heavy (non-hydrogen) atoms. The highest BCUT2D eigenvalue weighted by Gasteiger charge is 2.31. The topological polar surface area (TPSA) is 71.0 Å². The Labute approximate surface area is 149 Å². The van der Waals surface area contributed by atoms with E-state index in [-0.39, 0.29) is 12.4 Å².